The lowest BCUT2D eigenvalue weighted by molar-refractivity contribution is -0.127. The minimum atomic E-state index is 0.106. The van der Waals surface area contributed by atoms with Gasteiger partial charge in [0.1, 0.15) is 5.75 Å². The predicted octanol–water partition coefficient (Wildman–Crippen LogP) is 4.14. The molecule has 1 saturated heterocycles. The number of carbonyl (C=O) groups is 1. The molecule has 2 heterocycles. The maximum atomic E-state index is 12.1. The summed E-state index contributed by atoms with van der Waals surface area (Å²) in [7, 11) is 3.58. The Balaban J connectivity index is 1.95. The highest BCUT2D eigenvalue weighted by Crippen LogP contribution is 2.42. The van der Waals surface area contributed by atoms with E-state index >= 15 is 0 Å². The number of benzene rings is 2. The van der Waals surface area contributed by atoms with Gasteiger partial charge in [0, 0.05) is 35.5 Å². The highest BCUT2D eigenvalue weighted by molar-refractivity contribution is 5.92. The SMILES string of the molecule is COc1cccc(-c2[nH]c3ccccc3c2[C@H]2CCC(=O)N2C)c1. The molecule has 1 amide bonds. The van der Waals surface area contributed by atoms with Crippen LogP contribution in [0.15, 0.2) is 48.5 Å². The summed E-state index contributed by atoms with van der Waals surface area (Å²) in [5, 5.41) is 1.18. The predicted molar refractivity (Wildman–Crippen MR) is 95.0 cm³/mol. The molecule has 1 aliphatic rings. The third-order valence-electron chi connectivity index (χ3n) is 4.93. The zero-order chi connectivity index (χ0) is 16.7. The van der Waals surface area contributed by atoms with Crippen molar-refractivity contribution >= 4 is 16.8 Å². The molecule has 0 saturated carbocycles. The summed E-state index contributed by atoms with van der Waals surface area (Å²) in [6.07, 6.45) is 1.46. The maximum Gasteiger partial charge on any atom is 0.222 e. The van der Waals surface area contributed by atoms with Crippen LogP contribution in [0.25, 0.3) is 22.2 Å². The van der Waals surface area contributed by atoms with Crippen molar-refractivity contribution in [2.45, 2.75) is 18.9 Å². The maximum absolute atomic E-state index is 12.1. The number of fused-ring (bicyclic) bond motifs is 1. The topological polar surface area (TPSA) is 45.3 Å². The standard InChI is InChI=1S/C20H20N2O2/c1-22-17(10-11-18(22)23)19-15-8-3-4-9-16(15)21-20(19)13-6-5-7-14(12-13)24-2/h3-9,12,17,21H,10-11H2,1-2H3/t17-/m1/s1. The number of nitrogens with one attached hydrogen (secondary N) is 1. The Kier molecular flexibility index (Phi) is 3.53. The van der Waals surface area contributed by atoms with Crippen LogP contribution in [0.3, 0.4) is 0 Å². The summed E-state index contributed by atoms with van der Waals surface area (Å²) in [6.45, 7) is 0. The van der Waals surface area contributed by atoms with Crippen LogP contribution < -0.4 is 4.74 Å². The van der Waals surface area contributed by atoms with Gasteiger partial charge in [-0.3, -0.25) is 4.79 Å². The molecule has 0 bridgehead atoms. The van der Waals surface area contributed by atoms with Crippen molar-refractivity contribution in [3.8, 4) is 17.0 Å². The molecule has 0 radical (unpaired) electrons. The fraction of sp³-hybridized carbons (Fsp3) is 0.250. The van der Waals surface area contributed by atoms with E-state index in [2.05, 4.69) is 23.2 Å². The zero-order valence-electron chi connectivity index (χ0n) is 13.9. The van der Waals surface area contributed by atoms with Crippen LogP contribution >= 0.6 is 0 Å². The largest absolute Gasteiger partial charge is 0.497 e. The fourth-order valence-corrected chi connectivity index (χ4v) is 3.66. The van der Waals surface area contributed by atoms with Gasteiger partial charge >= 0.3 is 0 Å². The minimum Gasteiger partial charge on any atom is -0.497 e. The summed E-state index contributed by atoms with van der Waals surface area (Å²) in [4.78, 5) is 17.5. The first-order valence-electron chi connectivity index (χ1n) is 8.19. The summed E-state index contributed by atoms with van der Waals surface area (Å²) in [5.41, 5.74) is 4.44. The van der Waals surface area contributed by atoms with E-state index in [0.717, 1.165) is 28.9 Å². The molecule has 4 heteroatoms. The number of aromatic amines is 1. The number of hydrogen-bond donors (Lipinski definition) is 1. The first-order chi connectivity index (χ1) is 11.7. The summed E-state index contributed by atoms with van der Waals surface area (Å²) in [5.74, 6) is 1.04. The fourth-order valence-electron chi connectivity index (χ4n) is 3.66. The van der Waals surface area contributed by atoms with Gasteiger partial charge in [-0.15, -0.1) is 0 Å². The second kappa shape index (κ2) is 5.71. The van der Waals surface area contributed by atoms with Crippen LogP contribution in [0.2, 0.25) is 0 Å². The van der Waals surface area contributed by atoms with Gasteiger partial charge in [0.05, 0.1) is 18.8 Å². The quantitative estimate of drug-likeness (QED) is 0.788. The number of methoxy groups -OCH3 is 1. The molecule has 24 heavy (non-hydrogen) atoms. The van der Waals surface area contributed by atoms with Crippen molar-refractivity contribution < 1.29 is 9.53 Å². The Labute approximate surface area is 141 Å². The van der Waals surface area contributed by atoms with Gasteiger partial charge in [0.25, 0.3) is 0 Å². The lowest BCUT2D eigenvalue weighted by Gasteiger charge is -2.21. The smallest absolute Gasteiger partial charge is 0.222 e. The number of ether oxygens (including phenoxy) is 1. The van der Waals surface area contributed by atoms with Crippen molar-refractivity contribution in [1.29, 1.82) is 0 Å². The summed E-state index contributed by atoms with van der Waals surface area (Å²) in [6, 6.07) is 16.4. The van der Waals surface area contributed by atoms with Gasteiger partial charge in [0.2, 0.25) is 5.91 Å². The molecule has 0 aliphatic carbocycles. The normalized spacial score (nSPS) is 17.7. The molecule has 4 nitrogen and oxygen atoms in total. The molecule has 1 fully saturated rings. The molecule has 1 atom stereocenters. The number of H-pyrrole nitrogens is 1. The average molecular weight is 320 g/mol. The Morgan fingerprint density at radius 2 is 2.00 bits per heavy atom. The monoisotopic (exact) mass is 320 g/mol. The molecule has 1 aliphatic heterocycles. The molecule has 2 aromatic carbocycles. The number of para-hydroxylation sites is 1. The molecule has 1 N–H and O–H groups in total. The van der Waals surface area contributed by atoms with Crippen LogP contribution in [0, 0.1) is 0 Å². The number of nitrogens with zero attached hydrogens (tertiary/aromatic N) is 1. The molecule has 4 rings (SSSR count). The molecule has 122 valence electrons. The molecule has 0 spiro atoms. The number of rotatable bonds is 3. The highest BCUT2D eigenvalue weighted by Gasteiger charge is 2.33. The van der Waals surface area contributed by atoms with Crippen LogP contribution in [0.4, 0.5) is 0 Å². The van der Waals surface area contributed by atoms with Gasteiger partial charge in [-0.25, -0.2) is 0 Å². The number of carbonyl (C=O) groups excluding carboxylic acids is 1. The Morgan fingerprint density at radius 1 is 1.17 bits per heavy atom. The average Bonchev–Trinajstić information content (AvgIpc) is 3.16. The van der Waals surface area contributed by atoms with Crippen LogP contribution in [-0.2, 0) is 4.79 Å². The van der Waals surface area contributed by atoms with E-state index in [1.807, 2.05) is 42.3 Å². The van der Waals surface area contributed by atoms with Gasteiger partial charge in [-0.05, 0) is 24.6 Å². The van der Waals surface area contributed by atoms with Crippen molar-refractivity contribution in [2.75, 3.05) is 14.2 Å². The van der Waals surface area contributed by atoms with E-state index in [0.29, 0.717) is 6.42 Å². The molecule has 0 unspecified atom stereocenters. The van der Waals surface area contributed by atoms with Crippen LogP contribution in [-0.4, -0.2) is 29.9 Å². The van der Waals surface area contributed by atoms with E-state index in [1.54, 1.807) is 7.11 Å². The van der Waals surface area contributed by atoms with Gasteiger partial charge in [0.15, 0.2) is 0 Å². The molecular weight excluding hydrogens is 300 g/mol. The zero-order valence-corrected chi connectivity index (χ0v) is 13.9. The number of hydrogen-bond acceptors (Lipinski definition) is 2. The second-order valence-corrected chi connectivity index (χ2v) is 6.25. The highest BCUT2D eigenvalue weighted by atomic mass is 16.5. The second-order valence-electron chi connectivity index (χ2n) is 6.25. The first-order valence-corrected chi connectivity index (χ1v) is 8.19. The van der Waals surface area contributed by atoms with Crippen LogP contribution in [0.5, 0.6) is 5.75 Å². The first kappa shape index (κ1) is 14.8. The minimum absolute atomic E-state index is 0.106. The molecular formula is C20H20N2O2. The van der Waals surface area contributed by atoms with Crippen molar-refractivity contribution in [3.05, 3.63) is 54.1 Å². The van der Waals surface area contributed by atoms with E-state index in [-0.39, 0.29) is 11.9 Å². The van der Waals surface area contributed by atoms with E-state index in [1.165, 1.54) is 10.9 Å². The molecule has 1 aromatic heterocycles. The summed E-state index contributed by atoms with van der Waals surface area (Å²) < 4.78 is 5.38. The lowest BCUT2D eigenvalue weighted by Crippen LogP contribution is -2.22. The van der Waals surface area contributed by atoms with Crippen molar-refractivity contribution in [1.82, 2.24) is 9.88 Å². The Morgan fingerprint density at radius 3 is 2.75 bits per heavy atom. The van der Waals surface area contributed by atoms with Crippen LogP contribution in [0.1, 0.15) is 24.4 Å². The van der Waals surface area contributed by atoms with Crippen molar-refractivity contribution in [3.63, 3.8) is 0 Å². The van der Waals surface area contributed by atoms with Gasteiger partial charge < -0.3 is 14.6 Å². The van der Waals surface area contributed by atoms with E-state index in [4.69, 9.17) is 4.74 Å². The van der Waals surface area contributed by atoms with E-state index < -0.39 is 0 Å². The van der Waals surface area contributed by atoms with Gasteiger partial charge in [-0.2, -0.15) is 0 Å². The third kappa shape index (κ3) is 2.26. The lowest BCUT2D eigenvalue weighted by atomic mass is 9.97. The number of likely N-dealkylation sites (tertiary alicyclic amines) is 1. The summed E-state index contributed by atoms with van der Waals surface area (Å²) >= 11 is 0. The molecule has 3 aromatic rings. The Bertz CT molecular complexity index is 913. The van der Waals surface area contributed by atoms with Crippen molar-refractivity contribution in [2.24, 2.45) is 0 Å². The van der Waals surface area contributed by atoms with E-state index in [9.17, 15) is 4.79 Å². The number of amides is 1. The Hall–Kier alpha value is -2.75. The number of aromatic nitrogens is 1. The van der Waals surface area contributed by atoms with Gasteiger partial charge in [-0.1, -0.05) is 30.3 Å². The third-order valence-corrected chi connectivity index (χ3v) is 4.93.